The molecule has 0 radical (unpaired) electrons. The monoisotopic (exact) mass is 647 g/mol. The smallest absolute Gasteiger partial charge is 0.326 e. The lowest BCUT2D eigenvalue weighted by molar-refractivity contribution is -0.149. The molecule has 0 aromatic heterocycles. The van der Waals surface area contributed by atoms with Gasteiger partial charge in [0.25, 0.3) is 0 Å². The predicted octanol–water partition coefficient (Wildman–Crippen LogP) is -1.47. The number of nitrogens with zero attached hydrogens (tertiary/aromatic N) is 2. The Bertz CT molecular complexity index is 1200. The van der Waals surface area contributed by atoms with Gasteiger partial charge in [0, 0.05) is 25.9 Å². The predicted molar refractivity (Wildman–Crippen MR) is 168 cm³/mol. The normalized spacial score (nSPS) is 21.4. The van der Waals surface area contributed by atoms with Gasteiger partial charge in [-0.05, 0) is 75.7 Å². The molecule has 0 aliphatic carbocycles. The highest BCUT2D eigenvalue weighted by molar-refractivity contribution is 5.96. The second-order valence-electron chi connectivity index (χ2n) is 12.1. The molecule has 2 aliphatic heterocycles. The van der Waals surface area contributed by atoms with Crippen LogP contribution >= 0.6 is 0 Å². The van der Waals surface area contributed by atoms with Crippen LogP contribution in [0, 0.1) is 0 Å². The van der Waals surface area contributed by atoms with Crippen molar-refractivity contribution in [2.75, 3.05) is 26.2 Å². The zero-order chi connectivity index (χ0) is 33.8. The van der Waals surface area contributed by atoms with E-state index in [1.165, 1.54) is 21.9 Å². The number of carboxylic acid groups (broad SMARTS) is 1. The molecule has 11 N–H and O–H groups in total. The summed E-state index contributed by atoms with van der Waals surface area (Å²) in [5.41, 5.74) is 17.9. The van der Waals surface area contributed by atoms with Gasteiger partial charge in [-0.3, -0.25) is 19.2 Å². The number of nitrogens with two attached hydrogens (primary N) is 3. The van der Waals surface area contributed by atoms with Crippen LogP contribution in [-0.2, 0) is 30.4 Å². The summed E-state index contributed by atoms with van der Waals surface area (Å²) in [4.78, 5) is 68.5. The average Bonchev–Trinajstić information content (AvgIpc) is 3.68. The maximum atomic E-state index is 13.8. The first-order valence-corrected chi connectivity index (χ1v) is 16.0. The fraction of sp³-hybridized carbons (Fsp3) is 0.645. The number of likely N-dealkylation sites (tertiary alicyclic amines) is 2. The third kappa shape index (κ3) is 10.1. The molecule has 15 nitrogen and oxygen atoms in total. The fourth-order valence-electron chi connectivity index (χ4n) is 6.01. The molecular weight excluding hydrogens is 598 g/mol. The standard InChI is InChI=1S/C31H49N7O8/c32-13-3-1-6-22(34)29(43)38-18-21(40)17-26(38)28(42)36-24(16-19-9-11-20(39)12-10-19)27(41)35-23(7-2-4-14-33)30(44)37-15-5-8-25(37)31(45)46/h9-12,21-26,39-40H,1-8,13-18,32-34H2,(H,35,41)(H,36,42)(H,45,46)/t21-,22+,23+,24+,25+,26+/m1/s1. The van der Waals surface area contributed by atoms with Crippen LogP contribution in [0.5, 0.6) is 5.75 Å². The maximum absolute atomic E-state index is 13.8. The number of rotatable bonds is 17. The highest BCUT2D eigenvalue weighted by Gasteiger charge is 2.42. The van der Waals surface area contributed by atoms with Gasteiger partial charge in [-0.1, -0.05) is 18.6 Å². The molecule has 0 spiro atoms. The quantitative estimate of drug-likeness (QED) is 0.0906. The lowest BCUT2D eigenvalue weighted by Crippen LogP contribution is -2.58. The number of phenols is 1. The Morgan fingerprint density at radius 1 is 0.870 bits per heavy atom. The van der Waals surface area contributed by atoms with E-state index in [4.69, 9.17) is 17.2 Å². The van der Waals surface area contributed by atoms with E-state index in [-0.39, 0.29) is 38.1 Å². The molecule has 1 aromatic rings. The average molecular weight is 648 g/mol. The van der Waals surface area contributed by atoms with Crippen molar-refractivity contribution in [1.29, 1.82) is 0 Å². The fourth-order valence-corrected chi connectivity index (χ4v) is 6.01. The number of carbonyl (C=O) groups is 5. The summed E-state index contributed by atoms with van der Waals surface area (Å²) in [6, 6.07) is 0.804. The highest BCUT2D eigenvalue weighted by Crippen LogP contribution is 2.22. The topological polar surface area (TPSA) is 255 Å². The number of benzene rings is 1. The van der Waals surface area contributed by atoms with Crippen molar-refractivity contribution in [3.05, 3.63) is 29.8 Å². The van der Waals surface area contributed by atoms with Gasteiger partial charge < -0.3 is 53.0 Å². The number of unbranched alkanes of at least 4 members (excludes halogenated alkanes) is 2. The van der Waals surface area contributed by atoms with Crippen LogP contribution in [0.4, 0.5) is 0 Å². The number of β-amino-alcohol motifs (C(OH)–C–C–N with tert-alkyl or cyclic N) is 1. The lowest BCUT2D eigenvalue weighted by Gasteiger charge is -2.30. The lowest BCUT2D eigenvalue weighted by atomic mass is 10.0. The summed E-state index contributed by atoms with van der Waals surface area (Å²) in [7, 11) is 0. The molecule has 256 valence electrons. The summed E-state index contributed by atoms with van der Waals surface area (Å²) in [6.45, 7) is 0.981. The van der Waals surface area contributed by atoms with E-state index in [9.17, 15) is 39.3 Å². The highest BCUT2D eigenvalue weighted by atomic mass is 16.4. The van der Waals surface area contributed by atoms with E-state index in [0.717, 1.165) is 0 Å². The van der Waals surface area contributed by atoms with Gasteiger partial charge in [-0.25, -0.2) is 4.79 Å². The van der Waals surface area contributed by atoms with Gasteiger partial charge in [0.1, 0.15) is 29.9 Å². The first kappa shape index (κ1) is 36.7. The van der Waals surface area contributed by atoms with E-state index in [1.54, 1.807) is 12.1 Å². The Morgan fingerprint density at radius 3 is 2.15 bits per heavy atom. The van der Waals surface area contributed by atoms with Gasteiger partial charge in [-0.15, -0.1) is 0 Å². The van der Waals surface area contributed by atoms with E-state index >= 15 is 0 Å². The van der Waals surface area contributed by atoms with Gasteiger partial charge in [-0.2, -0.15) is 0 Å². The summed E-state index contributed by atoms with van der Waals surface area (Å²) in [5.74, 6) is -3.48. The first-order chi connectivity index (χ1) is 22.0. The minimum absolute atomic E-state index is 0.00912. The van der Waals surface area contributed by atoms with E-state index in [0.29, 0.717) is 63.6 Å². The van der Waals surface area contributed by atoms with E-state index < -0.39 is 65.9 Å². The number of aliphatic carboxylic acids is 1. The van der Waals surface area contributed by atoms with Crippen LogP contribution in [0.3, 0.4) is 0 Å². The molecule has 4 amide bonds. The van der Waals surface area contributed by atoms with Crippen molar-refractivity contribution >= 4 is 29.6 Å². The third-order valence-corrected chi connectivity index (χ3v) is 8.54. The number of amides is 4. The zero-order valence-electron chi connectivity index (χ0n) is 26.2. The SMILES string of the molecule is NCCCC[C@H](NC(=O)[C@H](Cc1ccc(O)cc1)NC(=O)[C@@H]1C[C@@H](O)CN1C(=O)[C@@H](N)CCCCN)C(=O)N1CCC[C@H]1C(=O)O. The van der Waals surface area contributed by atoms with E-state index in [2.05, 4.69) is 10.6 Å². The number of carboxylic acids is 1. The Morgan fingerprint density at radius 2 is 1.52 bits per heavy atom. The molecule has 15 heteroatoms. The van der Waals surface area contributed by atoms with Crippen molar-refractivity contribution in [1.82, 2.24) is 20.4 Å². The molecule has 1 aromatic carbocycles. The van der Waals surface area contributed by atoms with Crippen molar-refractivity contribution in [2.24, 2.45) is 17.2 Å². The molecule has 2 heterocycles. The maximum Gasteiger partial charge on any atom is 0.326 e. The van der Waals surface area contributed by atoms with Crippen LogP contribution in [0.15, 0.2) is 24.3 Å². The molecule has 2 saturated heterocycles. The molecule has 0 bridgehead atoms. The van der Waals surface area contributed by atoms with Crippen LogP contribution < -0.4 is 27.8 Å². The number of carbonyl (C=O) groups excluding carboxylic acids is 4. The van der Waals surface area contributed by atoms with Crippen LogP contribution in [0.25, 0.3) is 0 Å². The number of hydrogen-bond donors (Lipinski definition) is 8. The largest absolute Gasteiger partial charge is 0.508 e. The second kappa shape index (κ2) is 17.8. The molecule has 0 saturated carbocycles. The molecule has 0 unspecified atom stereocenters. The van der Waals surface area contributed by atoms with Crippen molar-refractivity contribution in [2.45, 2.75) is 101 Å². The Balaban J connectivity index is 1.82. The molecule has 2 fully saturated rings. The Labute approximate surface area is 268 Å². The van der Waals surface area contributed by atoms with Gasteiger partial charge in [0.2, 0.25) is 23.6 Å². The summed E-state index contributed by atoms with van der Waals surface area (Å²) >= 11 is 0. The minimum Gasteiger partial charge on any atom is -0.508 e. The van der Waals surface area contributed by atoms with Crippen molar-refractivity contribution in [3.63, 3.8) is 0 Å². The third-order valence-electron chi connectivity index (χ3n) is 8.54. The molecule has 6 atom stereocenters. The number of phenolic OH excluding ortho intramolecular Hbond substituents is 1. The zero-order valence-corrected chi connectivity index (χ0v) is 26.2. The van der Waals surface area contributed by atoms with Crippen LogP contribution in [0.2, 0.25) is 0 Å². The molecule has 2 aliphatic rings. The minimum atomic E-state index is -1.22. The molecular formula is C31H49N7O8. The second-order valence-corrected chi connectivity index (χ2v) is 12.1. The summed E-state index contributed by atoms with van der Waals surface area (Å²) < 4.78 is 0. The van der Waals surface area contributed by atoms with Crippen molar-refractivity contribution < 1.29 is 39.3 Å². The number of aromatic hydroxyl groups is 1. The Kier molecular flexibility index (Phi) is 14.2. The van der Waals surface area contributed by atoms with E-state index in [1.807, 2.05) is 0 Å². The Hall–Kier alpha value is -3.79. The summed E-state index contributed by atoms with van der Waals surface area (Å²) in [6.07, 6.45) is 2.76. The molecule has 46 heavy (non-hydrogen) atoms. The number of nitrogens with one attached hydrogen (secondary N) is 2. The van der Waals surface area contributed by atoms with Gasteiger partial charge in [0.15, 0.2) is 0 Å². The summed E-state index contributed by atoms with van der Waals surface area (Å²) in [5, 5.41) is 35.2. The number of hydrogen-bond acceptors (Lipinski definition) is 10. The van der Waals surface area contributed by atoms with Crippen LogP contribution in [0.1, 0.15) is 63.4 Å². The van der Waals surface area contributed by atoms with Crippen molar-refractivity contribution in [3.8, 4) is 5.75 Å². The number of aliphatic hydroxyl groups is 1. The van der Waals surface area contributed by atoms with Crippen LogP contribution in [-0.4, -0.2) is 117 Å². The van der Waals surface area contributed by atoms with Gasteiger partial charge >= 0.3 is 5.97 Å². The van der Waals surface area contributed by atoms with Gasteiger partial charge in [0.05, 0.1) is 12.1 Å². The number of aliphatic hydroxyl groups excluding tert-OH is 1. The molecule has 3 rings (SSSR count). The first-order valence-electron chi connectivity index (χ1n) is 16.0.